The summed E-state index contributed by atoms with van der Waals surface area (Å²) in [7, 11) is 3.25. The molecule has 0 bridgehead atoms. The van der Waals surface area contributed by atoms with E-state index in [1.54, 1.807) is 14.2 Å². The number of halogens is 1. The Morgan fingerprint density at radius 3 is 2.73 bits per heavy atom. The summed E-state index contributed by atoms with van der Waals surface area (Å²) in [5.74, 6) is 2.13. The zero-order chi connectivity index (χ0) is 18.1. The Morgan fingerprint density at radius 2 is 2.08 bits per heavy atom. The summed E-state index contributed by atoms with van der Waals surface area (Å²) in [6, 6.07) is 5.86. The highest BCUT2D eigenvalue weighted by atomic mass is 127. The predicted molar refractivity (Wildman–Crippen MR) is 114 cm³/mol. The summed E-state index contributed by atoms with van der Waals surface area (Å²) >= 11 is 0. The minimum absolute atomic E-state index is 0. The highest BCUT2D eigenvalue weighted by Crippen LogP contribution is 2.27. The fourth-order valence-electron chi connectivity index (χ4n) is 2.83. The zero-order valence-electron chi connectivity index (χ0n) is 15.5. The van der Waals surface area contributed by atoms with Crippen LogP contribution in [0.3, 0.4) is 0 Å². The van der Waals surface area contributed by atoms with Crippen LogP contribution in [0.25, 0.3) is 0 Å². The van der Waals surface area contributed by atoms with Gasteiger partial charge < -0.3 is 25.4 Å². The van der Waals surface area contributed by atoms with Gasteiger partial charge in [0.1, 0.15) is 0 Å². The van der Waals surface area contributed by atoms with Crippen molar-refractivity contribution >= 4 is 35.8 Å². The second-order valence-corrected chi connectivity index (χ2v) is 5.97. The Kier molecular flexibility index (Phi) is 10.2. The Morgan fingerprint density at radius 1 is 1.31 bits per heavy atom. The van der Waals surface area contributed by atoms with Crippen molar-refractivity contribution in [3.8, 4) is 11.5 Å². The normalized spacial score (nSPS) is 14.2. The van der Waals surface area contributed by atoms with Gasteiger partial charge in [-0.3, -0.25) is 9.79 Å². The van der Waals surface area contributed by atoms with Crippen LogP contribution in [-0.4, -0.2) is 57.2 Å². The molecular formula is C18H29IN4O3. The summed E-state index contributed by atoms with van der Waals surface area (Å²) in [5.41, 5.74) is 7.00. The zero-order valence-corrected chi connectivity index (χ0v) is 17.8. The van der Waals surface area contributed by atoms with Gasteiger partial charge in [0.2, 0.25) is 5.91 Å². The third-order valence-electron chi connectivity index (χ3n) is 4.21. The summed E-state index contributed by atoms with van der Waals surface area (Å²) in [6.45, 7) is 2.96. The summed E-state index contributed by atoms with van der Waals surface area (Å²) in [5, 5.41) is 3.11. The van der Waals surface area contributed by atoms with Crippen molar-refractivity contribution in [3.63, 3.8) is 0 Å². The average molecular weight is 476 g/mol. The lowest BCUT2D eigenvalue weighted by Crippen LogP contribution is -2.33. The predicted octanol–water partition coefficient (Wildman–Crippen LogP) is 1.78. The first-order valence-corrected chi connectivity index (χ1v) is 8.66. The van der Waals surface area contributed by atoms with Crippen LogP contribution in [-0.2, 0) is 11.2 Å². The topological polar surface area (TPSA) is 89.2 Å². The van der Waals surface area contributed by atoms with Gasteiger partial charge in [-0.1, -0.05) is 6.07 Å². The van der Waals surface area contributed by atoms with Gasteiger partial charge in [0.15, 0.2) is 17.5 Å². The van der Waals surface area contributed by atoms with Crippen molar-refractivity contribution in [2.45, 2.75) is 25.7 Å². The van der Waals surface area contributed by atoms with Gasteiger partial charge in [-0.2, -0.15) is 0 Å². The molecule has 0 aliphatic carbocycles. The van der Waals surface area contributed by atoms with E-state index in [9.17, 15) is 4.79 Å². The Hall–Kier alpha value is -1.71. The number of carbonyl (C=O) groups excluding carboxylic acids is 1. The number of carbonyl (C=O) groups is 1. The van der Waals surface area contributed by atoms with Crippen LogP contribution in [0, 0.1) is 0 Å². The number of guanidine groups is 1. The molecule has 0 saturated carbocycles. The summed E-state index contributed by atoms with van der Waals surface area (Å²) in [6.07, 6.45) is 3.30. The first-order chi connectivity index (χ1) is 12.1. The molecule has 1 amide bonds. The number of nitrogens with one attached hydrogen (secondary N) is 1. The van der Waals surface area contributed by atoms with Crippen molar-refractivity contribution in [3.05, 3.63) is 23.8 Å². The molecule has 0 unspecified atom stereocenters. The molecule has 146 valence electrons. The summed E-state index contributed by atoms with van der Waals surface area (Å²) < 4.78 is 10.5. The van der Waals surface area contributed by atoms with Crippen LogP contribution in [0.2, 0.25) is 0 Å². The molecule has 1 fully saturated rings. The average Bonchev–Trinajstić information content (AvgIpc) is 3.03. The molecule has 26 heavy (non-hydrogen) atoms. The van der Waals surface area contributed by atoms with Gasteiger partial charge in [-0.05, 0) is 37.0 Å². The SMILES string of the molecule is COc1ccc(CCNC(N)=NCCCN2CCCC2=O)cc1OC.I. The molecular weight excluding hydrogens is 447 g/mol. The molecule has 8 heteroatoms. The lowest BCUT2D eigenvalue weighted by Gasteiger charge is -2.14. The Balaban J connectivity index is 0.00000338. The molecule has 3 N–H and O–H groups in total. The second kappa shape index (κ2) is 11.8. The van der Waals surface area contributed by atoms with E-state index in [1.165, 1.54) is 0 Å². The van der Waals surface area contributed by atoms with Gasteiger partial charge in [0.05, 0.1) is 14.2 Å². The van der Waals surface area contributed by atoms with Crippen LogP contribution < -0.4 is 20.5 Å². The third-order valence-corrected chi connectivity index (χ3v) is 4.21. The van der Waals surface area contributed by atoms with Gasteiger partial charge in [-0.15, -0.1) is 24.0 Å². The number of ether oxygens (including phenoxy) is 2. The third kappa shape index (κ3) is 6.89. The van der Waals surface area contributed by atoms with E-state index in [1.807, 2.05) is 23.1 Å². The van der Waals surface area contributed by atoms with E-state index in [0.29, 0.717) is 25.5 Å². The number of hydrogen-bond acceptors (Lipinski definition) is 4. The molecule has 1 heterocycles. The monoisotopic (exact) mass is 476 g/mol. The second-order valence-electron chi connectivity index (χ2n) is 5.97. The molecule has 0 spiro atoms. The Bertz CT molecular complexity index is 610. The van der Waals surface area contributed by atoms with Crippen LogP contribution in [0.15, 0.2) is 23.2 Å². The molecule has 1 aromatic carbocycles. The van der Waals surface area contributed by atoms with Crippen LogP contribution >= 0.6 is 24.0 Å². The molecule has 2 rings (SSSR count). The van der Waals surface area contributed by atoms with Crippen molar-refractivity contribution in [1.82, 2.24) is 10.2 Å². The maximum absolute atomic E-state index is 11.5. The van der Waals surface area contributed by atoms with Crippen molar-refractivity contribution in [2.24, 2.45) is 10.7 Å². The number of benzene rings is 1. The van der Waals surface area contributed by atoms with E-state index in [0.717, 1.165) is 49.4 Å². The summed E-state index contributed by atoms with van der Waals surface area (Å²) in [4.78, 5) is 17.7. The largest absolute Gasteiger partial charge is 0.493 e. The van der Waals surface area contributed by atoms with E-state index in [-0.39, 0.29) is 29.9 Å². The number of rotatable bonds is 9. The van der Waals surface area contributed by atoms with Crippen LogP contribution in [0.1, 0.15) is 24.8 Å². The van der Waals surface area contributed by atoms with Gasteiger partial charge >= 0.3 is 0 Å². The molecule has 1 saturated heterocycles. The molecule has 1 aromatic rings. The van der Waals surface area contributed by atoms with E-state index in [4.69, 9.17) is 15.2 Å². The quantitative estimate of drug-likeness (QED) is 0.246. The Labute approximate surface area is 172 Å². The number of nitrogens with zero attached hydrogens (tertiary/aromatic N) is 2. The van der Waals surface area contributed by atoms with Crippen molar-refractivity contribution in [2.75, 3.05) is 40.4 Å². The standard InChI is InChI=1S/C18H28N4O3.HI/c1-24-15-7-6-14(13-16(15)25-2)8-10-21-18(19)20-9-4-12-22-11-3-5-17(22)23;/h6-7,13H,3-5,8-12H2,1-2H3,(H3,19,20,21);1H. The van der Waals surface area contributed by atoms with E-state index in [2.05, 4.69) is 10.3 Å². The highest BCUT2D eigenvalue weighted by molar-refractivity contribution is 14.0. The van der Waals surface area contributed by atoms with Gasteiger partial charge in [0.25, 0.3) is 0 Å². The minimum atomic E-state index is 0. The maximum Gasteiger partial charge on any atom is 0.222 e. The molecule has 1 aliphatic heterocycles. The molecule has 0 atom stereocenters. The number of nitrogens with two attached hydrogens (primary N) is 1. The number of hydrogen-bond donors (Lipinski definition) is 2. The molecule has 0 aromatic heterocycles. The van der Waals surface area contributed by atoms with Gasteiger partial charge in [-0.25, -0.2) is 0 Å². The first kappa shape index (κ1) is 22.3. The molecule has 7 nitrogen and oxygen atoms in total. The fourth-order valence-corrected chi connectivity index (χ4v) is 2.83. The van der Waals surface area contributed by atoms with E-state index >= 15 is 0 Å². The van der Waals surface area contributed by atoms with Gasteiger partial charge in [0, 0.05) is 32.6 Å². The number of amides is 1. The first-order valence-electron chi connectivity index (χ1n) is 8.66. The maximum atomic E-state index is 11.5. The lowest BCUT2D eigenvalue weighted by atomic mass is 10.1. The van der Waals surface area contributed by atoms with Crippen LogP contribution in [0.4, 0.5) is 0 Å². The smallest absolute Gasteiger partial charge is 0.222 e. The van der Waals surface area contributed by atoms with Crippen molar-refractivity contribution < 1.29 is 14.3 Å². The fraction of sp³-hybridized carbons (Fsp3) is 0.556. The van der Waals surface area contributed by atoms with Crippen LogP contribution in [0.5, 0.6) is 11.5 Å². The number of likely N-dealkylation sites (tertiary alicyclic amines) is 1. The molecule has 1 aliphatic rings. The molecule has 0 radical (unpaired) electrons. The number of methoxy groups -OCH3 is 2. The minimum Gasteiger partial charge on any atom is -0.493 e. The van der Waals surface area contributed by atoms with Crippen molar-refractivity contribution in [1.29, 1.82) is 0 Å². The highest BCUT2D eigenvalue weighted by Gasteiger charge is 2.18. The number of aliphatic imine (C=N–C) groups is 1. The van der Waals surface area contributed by atoms with E-state index < -0.39 is 0 Å². The lowest BCUT2D eigenvalue weighted by molar-refractivity contribution is -0.127.